The Balaban J connectivity index is 2.83. The van der Waals surface area contributed by atoms with Crippen LogP contribution < -0.4 is 10.1 Å². The minimum atomic E-state index is -0.626. The summed E-state index contributed by atoms with van der Waals surface area (Å²) >= 11 is 6.42. The molecule has 1 atom stereocenters. The molecule has 0 fully saturated rings. The summed E-state index contributed by atoms with van der Waals surface area (Å²) in [6.07, 6.45) is 0. The molecule has 1 N–H and O–H groups in total. The molecule has 0 aliphatic heterocycles. The van der Waals surface area contributed by atoms with Crippen molar-refractivity contribution < 1.29 is 19.2 Å². The lowest BCUT2D eigenvalue weighted by Crippen LogP contribution is -2.40. The van der Waals surface area contributed by atoms with Gasteiger partial charge < -0.3 is 14.8 Å². The third-order valence-corrected chi connectivity index (χ3v) is 3.69. The summed E-state index contributed by atoms with van der Waals surface area (Å²) < 4.78 is 11.3. The molecule has 7 nitrogen and oxygen atoms in total. The maximum atomic E-state index is 11.6. The van der Waals surface area contributed by atoms with Crippen LogP contribution in [0.5, 0.6) is 5.75 Å². The summed E-state index contributed by atoms with van der Waals surface area (Å²) in [5.74, 6) is -0.0423. The van der Waals surface area contributed by atoms with Gasteiger partial charge in [0.25, 0.3) is 5.69 Å². The van der Waals surface area contributed by atoms with Gasteiger partial charge in [0.05, 0.1) is 20.5 Å². The quantitative estimate of drug-likeness (QED) is 0.410. The van der Waals surface area contributed by atoms with Crippen molar-refractivity contribution in [2.24, 2.45) is 0 Å². The number of nitro groups is 1. The molecule has 0 bridgehead atoms. The molecule has 0 saturated heterocycles. The standard InChI is InChI=1S/C12H14Br2N2O5/c1-3-20-12(17)10(15-2)6-21-11-8(13)4-7(16(18)19)5-9(11)14/h4-5,10,15H,3,6H2,1-2H3. The van der Waals surface area contributed by atoms with E-state index in [9.17, 15) is 14.9 Å². The molecule has 1 unspecified atom stereocenters. The summed E-state index contributed by atoms with van der Waals surface area (Å²) in [5, 5.41) is 13.5. The molecule has 0 amide bonds. The summed E-state index contributed by atoms with van der Waals surface area (Å²) in [6.45, 7) is 2.03. The number of carbonyl (C=O) groups excluding carboxylic acids is 1. The molecular weight excluding hydrogens is 412 g/mol. The summed E-state index contributed by atoms with van der Waals surface area (Å²) in [4.78, 5) is 21.9. The van der Waals surface area contributed by atoms with Crippen LogP contribution in [0.4, 0.5) is 5.69 Å². The Bertz CT molecular complexity index is 515. The largest absolute Gasteiger partial charge is 0.489 e. The zero-order valence-electron chi connectivity index (χ0n) is 11.4. The maximum absolute atomic E-state index is 11.6. The molecule has 9 heteroatoms. The first-order chi connectivity index (χ1) is 9.90. The summed E-state index contributed by atoms with van der Waals surface area (Å²) in [7, 11) is 1.62. The van der Waals surface area contributed by atoms with E-state index in [2.05, 4.69) is 37.2 Å². The average Bonchev–Trinajstić information content (AvgIpc) is 2.41. The minimum Gasteiger partial charge on any atom is -0.489 e. The Hall–Kier alpha value is -1.19. The molecule has 0 aliphatic carbocycles. The molecule has 0 aliphatic rings. The zero-order valence-corrected chi connectivity index (χ0v) is 14.6. The van der Waals surface area contributed by atoms with Crippen molar-refractivity contribution in [3.8, 4) is 5.75 Å². The molecule has 21 heavy (non-hydrogen) atoms. The SMILES string of the molecule is CCOC(=O)C(COc1c(Br)cc([N+](=O)[O-])cc1Br)NC. The van der Waals surface area contributed by atoms with E-state index < -0.39 is 16.9 Å². The van der Waals surface area contributed by atoms with Crippen molar-refractivity contribution >= 4 is 43.5 Å². The van der Waals surface area contributed by atoms with E-state index in [4.69, 9.17) is 9.47 Å². The fourth-order valence-corrected chi connectivity index (χ4v) is 2.86. The van der Waals surface area contributed by atoms with Crippen molar-refractivity contribution in [3.63, 3.8) is 0 Å². The number of halogens is 2. The molecule has 0 radical (unpaired) electrons. The second-order valence-electron chi connectivity index (χ2n) is 3.90. The summed E-state index contributed by atoms with van der Waals surface area (Å²) in [6, 6.07) is 2.04. The van der Waals surface area contributed by atoms with Crippen LogP contribution in [-0.4, -0.2) is 37.2 Å². The van der Waals surface area contributed by atoms with Crippen molar-refractivity contribution in [1.29, 1.82) is 0 Å². The smallest absolute Gasteiger partial charge is 0.326 e. The van der Waals surface area contributed by atoms with Crippen LogP contribution in [0, 0.1) is 10.1 Å². The monoisotopic (exact) mass is 424 g/mol. The van der Waals surface area contributed by atoms with Crippen LogP contribution in [0.1, 0.15) is 6.92 Å². The number of non-ortho nitro benzene ring substituents is 1. The van der Waals surface area contributed by atoms with Crippen molar-refractivity contribution in [3.05, 3.63) is 31.2 Å². The molecular formula is C12H14Br2N2O5. The minimum absolute atomic E-state index is 0.0321. The van der Waals surface area contributed by atoms with Gasteiger partial charge in [0, 0.05) is 12.1 Å². The van der Waals surface area contributed by atoms with Gasteiger partial charge in [-0.1, -0.05) is 0 Å². The van der Waals surface area contributed by atoms with E-state index in [1.807, 2.05) is 0 Å². The number of likely N-dealkylation sites (N-methyl/N-ethyl adjacent to an activating group) is 1. The van der Waals surface area contributed by atoms with Crippen LogP contribution in [-0.2, 0) is 9.53 Å². The highest BCUT2D eigenvalue weighted by Crippen LogP contribution is 2.37. The first-order valence-corrected chi connectivity index (χ1v) is 7.59. The van der Waals surface area contributed by atoms with Gasteiger partial charge in [-0.3, -0.25) is 14.9 Å². The van der Waals surface area contributed by atoms with Crippen LogP contribution >= 0.6 is 31.9 Å². The Labute approximate surface area is 138 Å². The first-order valence-electron chi connectivity index (χ1n) is 6.00. The van der Waals surface area contributed by atoms with Gasteiger partial charge in [-0.2, -0.15) is 0 Å². The third-order valence-electron chi connectivity index (χ3n) is 2.51. The lowest BCUT2D eigenvalue weighted by Gasteiger charge is -2.17. The van der Waals surface area contributed by atoms with Crippen molar-refractivity contribution in [2.75, 3.05) is 20.3 Å². The van der Waals surface area contributed by atoms with Crippen LogP contribution in [0.2, 0.25) is 0 Å². The number of nitrogens with zero attached hydrogens (tertiary/aromatic N) is 1. The lowest BCUT2D eigenvalue weighted by atomic mass is 10.3. The number of ether oxygens (including phenoxy) is 2. The number of hydrogen-bond donors (Lipinski definition) is 1. The van der Waals surface area contributed by atoms with E-state index in [-0.39, 0.29) is 18.9 Å². The van der Waals surface area contributed by atoms with Gasteiger partial charge in [-0.05, 0) is 45.8 Å². The Kier molecular flexibility index (Phi) is 7.06. The predicted octanol–water partition coefficient (Wildman–Crippen LogP) is 2.65. The second-order valence-corrected chi connectivity index (χ2v) is 5.61. The van der Waals surface area contributed by atoms with E-state index >= 15 is 0 Å². The Morgan fingerprint density at radius 1 is 1.43 bits per heavy atom. The van der Waals surface area contributed by atoms with E-state index in [0.717, 1.165) is 0 Å². The number of benzene rings is 1. The molecule has 0 saturated carbocycles. The number of nitro benzene ring substituents is 1. The normalized spacial score (nSPS) is 11.8. The van der Waals surface area contributed by atoms with Crippen LogP contribution in [0.15, 0.2) is 21.1 Å². The first kappa shape index (κ1) is 17.9. The summed E-state index contributed by atoms with van der Waals surface area (Å²) in [5.41, 5.74) is -0.0725. The average molecular weight is 426 g/mol. The molecule has 116 valence electrons. The highest BCUT2D eigenvalue weighted by Gasteiger charge is 2.21. The van der Waals surface area contributed by atoms with Crippen molar-refractivity contribution in [2.45, 2.75) is 13.0 Å². The number of hydrogen-bond acceptors (Lipinski definition) is 6. The molecule has 1 aromatic carbocycles. The van der Waals surface area contributed by atoms with Crippen LogP contribution in [0.25, 0.3) is 0 Å². The molecule has 0 spiro atoms. The lowest BCUT2D eigenvalue weighted by molar-refractivity contribution is -0.385. The maximum Gasteiger partial charge on any atom is 0.326 e. The number of esters is 1. The topological polar surface area (TPSA) is 90.7 Å². The van der Waals surface area contributed by atoms with Gasteiger partial charge in [0.15, 0.2) is 0 Å². The van der Waals surface area contributed by atoms with Gasteiger partial charge in [0.1, 0.15) is 18.4 Å². The number of nitrogens with one attached hydrogen (secondary N) is 1. The molecule has 1 aromatic rings. The van der Waals surface area contributed by atoms with E-state index in [1.54, 1.807) is 14.0 Å². The fraction of sp³-hybridized carbons (Fsp3) is 0.417. The highest BCUT2D eigenvalue weighted by molar-refractivity contribution is 9.11. The van der Waals surface area contributed by atoms with Crippen LogP contribution in [0.3, 0.4) is 0 Å². The Morgan fingerprint density at radius 3 is 2.43 bits per heavy atom. The highest BCUT2D eigenvalue weighted by atomic mass is 79.9. The number of carbonyl (C=O) groups is 1. The van der Waals surface area contributed by atoms with Gasteiger partial charge in [-0.15, -0.1) is 0 Å². The Morgan fingerprint density at radius 2 is 2.00 bits per heavy atom. The molecule has 1 rings (SSSR count). The van der Waals surface area contributed by atoms with E-state index in [1.165, 1.54) is 12.1 Å². The predicted molar refractivity (Wildman–Crippen MR) is 83.5 cm³/mol. The zero-order chi connectivity index (χ0) is 16.0. The van der Waals surface area contributed by atoms with Crippen molar-refractivity contribution in [1.82, 2.24) is 5.32 Å². The van der Waals surface area contributed by atoms with E-state index in [0.29, 0.717) is 14.7 Å². The third kappa shape index (κ3) is 4.94. The molecule has 0 heterocycles. The number of rotatable bonds is 7. The molecule has 0 aromatic heterocycles. The second kappa shape index (κ2) is 8.30. The van der Waals surface area contributed by atoms with Gasteiger partial charge in [-0.25, -0.2) is 0 Å². The van der Waals surface area contributed by atoms with Gasteiger partial charge in [0.2, 0.25) is 0 Å². The van der Waals surface area contributed by atoms with Gasteiger partial charge >= 0.3 is 5.97 Å². The fourth-order valence-electron chi connectivity index (χ4n) is 1.47.